The molecule has 1 aliphatic rings. The Bertz CT molecular complexity index is 499. The number of anilines is 1. The van der Waals surface area contributed by atoms with E-state index in [-0.39, 0.29) is 17.9 Å². The molecule has 1 saturated carbocycles. The van der Waals surface area contributed by atoms with Crippen molar-refractivity contribution >= 4 is 11.6 Å². The molecular formula is C15H25N5O. The highest BCUT2D eigenvalue weighted by atomic mass is 16.2. The van der Waals surface area contributed by atoms with Crippen LogP contribution in [0.3, 0.4) is 0 Å². The number of carbonyl (C=O) groups is 1. The fraction of sp³-hybridized carbons (Fsp3) is 0.667. The standard InChI is InChI=1S/C15H25N5O/c1-4-11(7-10-5-6-10)18-15(21)13-12(20-16)8-17-14(19-13)9(2)3/h8-11,20H,4-7,16H2,1-3H3,(H,18,21). The van der Waals surface area contributed by atoms with Gasteiger partial charge in [-0.05, 0) is 18.8 Å². The van der Waals surface area contributed by atoms with Gasteiger partial charge in [0, 0.05) is 12.0 Å². The molecule has 4 N–H and O–H groups in total. The molecule has 1 unspecified atom stereocenters. The molecule has 116 valence electrons. The van der Waals surface area contributed by atoms with E-state index in [9.17, 15) is 4.79 Å². The average Bonchev–Trinajstić information content (AvgIpc) is 3.29. The summed E-state index contributed by atoms with van der Waals surface area (Å²) in [5.74, 6) is 6.87. The Labute approximate surface area is 125 Å². The Morgan fingerprint density at radius 3 is 2.71 bits per heavy atom. The topological polar surface area (TPSA) is 92.9 Å². The number of nitrogen functional groups attached to an aromatic ring is 1. The van der Waals surface area contributed by atoms with Crippen LogP contribution in [0.2, 0.25) is 0 Å². The number of aromatic nitrogens is 2. The van der Waals surface area contributed by atoms with E-state index in [2.05, 4.69) is 27.6 Å². The third kappa shape index (κ3) is 4.14. The molecule has 6 heteroatoms. The Kier molecular flexibility index (Phi) is 5.12. The number of rotatable bonds is 7. The first-order chi connectivity index (χ1) is 10.0. The summed E-state index contributed by atoms with van der Waals surface area (Å²) in [6.07, 6.45) is 6.12. The molecule has 1 fully saturated rings. The van der Waals surface area contributed by atoms with Crippen molar-refractivity contribution in [2.45, 2.75) is 58.4 Å². The van der Waals surface area contributed by atoms with Crippen LogP contribution in [0, 0.1) is 5.92 Å². The molecule has 1 heterocycles. The highest BCUT2D eigenvalue weighted by Gasteiger charge is 2.26. The molecule has 1 aromatic rings. The Morgan fingerprint density at radius 2 is 2.19 bits per heavy atom. The third-order valence-corrected chi connectivity index (χ3v) is 3.84. The van der Waals surface area contributed by atoms with Crippen LogP contribution in [0.1, 0.15) is 68.7 Å². The average molecular weight is 291 g/mol. The molecule has 1 aliphatic carbocycles. The van der Waals surface area contributed by atoms with Crippen molar-refractivity contribution in [1.82, 2.24) is 15.3 Å². The maximum Gasteiger partial charge on any atom is 0.272 e. The number of nitrogens with one attached hydrogen (secondary N) is 2. The molecule has 0 aromatic carbocycles. The number of carbonyl (C=O) groups excluding carboxylic acids is 1. The first-order valence-electron chi connectivity index (χ1n) is 7.69. The van der Waals surface area contributed by atoms with Gasteiger partial charge in [-0.2, -0.15) is 0 Å². The number of hydrogen-bond donors (Lipinski definition) is 3. The van der Waals surface area contributed by atoms with Gasteiger partial charge < -0.3 is 10.7 Å². The molecule has 1 aromatic heterocycles. The lowest BCUT2D eigenvalue weighted by molar-refractivity contribution is 0.0928. The van der Waals surface area contributed by atoms with E-state index in [4.69, 9.17) is 5.84 Å². The van der Waals surface area contributed by atoms with Gasteiger partial charge in [-0.15, -0.1) is 0 Å². The largest absolute Gasteiger partial charge is 0.348 e. The fourth-order valence-corrected chi connectivity index (χ4v) is 2.29. The predicted molar refractivity (Wildman–Crippen MR) is 82.8 cm³/mol. The van der Waals surface area contributed by atoms with Crippen molar-refractivity contribution in [1.29, 1.82) is 0 Å². The summed E-state index contributed by atoms with van der Waals surface area (Å²) in [5.41, 5.74) is 3.28. The zero-order valence-electron chi connectivity index (χ0n) is 13.0. The normalized spacial score (nSPS) is 15.9. The number of hydrogen-bond acceptors (Lipinski definition) is 5. The number of hydrazine groups is 1. The van der Waals surface area contributed by atoms with Gasteiger partial charge in [0.2, 0.25) is 0 Å². The quantitative estimate of drug-likeness (QED) is 0.529. The summed E-state index contributed by atoms with van der Waals surface area (Å²) in [7, 11) is 0. The smallest absolute Gasteiger partial charge is 0.272 e. The van der Waals surface area contributed by atoms with Crippen molar-refractivity contribution < 1.29 is 4.79 Å². The number of nitrogens with zero attached hydrogens (tertiary/aromatic N) is 2. The second-order valence-electron chi connectivity index (χ2n) is 6.05. The van der Waals surface area contributed by atoms with Gasteiger partial charge in [-0.3, -0.25) is 10.6 Å². The van der Waals surface area contributed by atoms with Crippen LogP contribution < -0.4 is 16.6 Å². The van der Waals surface area contributed by atoms with Crippen molar-refractivity contribution in [3.8, 4) is 0 Å². The van der Waals surface area contributed by atoms with Crippen molar-refractivity contribution in [2.24, 2.45) is 11.8 Å². The van der Waals surface area contributed by atoms with Crippen LogP contribution in [0.5, 0.6) is 0 Å². The molecule has 0 radical (unpaired) electrons. The molecule has 1 atom stereocenters. The van der Waals surface area contributed by atoms with E-state index in [0.29, 0.717) is 17.2 Å². The summed E-state index contributed by atoms with van der Waals surface area (Å²) < 4.78 is 0. The summed E-state index contributed by atoms with van der Waals surface area (Å²) in [5, 5.41) is 3.07. The monoisotopic (exact) mass is 291 g/mol. The molecule has 1 amide bonds. The van der Waals surface area contributed by atoms with Gasteiger partial charge in [0.1, 0.15) is 5.82 Å². The molecule has 0 aliphatic heterocycles. The van der Waals surface area contributed by atoms with Gasteiger partial charge >= 0.3 is 0 Å². The maximum absolute atomic E-state index is 12.5. The van der Waals surface area contributed by atoms with Gasteiger partial charge in [0.15, 0.2) is 5.69 Å². The van der Waals surface area contributed by atoms with E-state index in [1.165, 1.54) is 12.8 Å². The lowest BCUT2D eigenvalue weighted by Crippen LogP contribution is -2.36. The van der Waals surface area contributed by atoms with Crippen LogP contribution in [0.4, 0.5) is 5.69 Å². The highest BCUT2D eigenvalue weighted by molar-refractivity contribution is 5.97. The summed E-state index contributed by atoms with van der Waals surface area (Å²) >= 11 is 0. The van der Waals surface area contributed by atoms with Crippen molar-refractivity contribution in [2.75, 3.05) is 5.43 Å². The van der Waals surface area contributed by atoms with E-state index in [1.54, 1.807) is 6.20 Å². The van der Waals surface area contributed by atoms with E-state index >= 15 is 0 Å². The third-order valence-electron chi connectivity index (χ3n) is 3.84. The second kappa shape index (κ2) is 6.85. The van der Waals surface area contributed by atoms with Crippen LogP contribution in [-0.4, -0.2) is 21.9 Å². The lowest BCUT2D eigenvalue weighted by Gasteiger charge is -2.18. The predicted octanol–water partition coefficient (Wildman–Crippen LogP) is 2.19. The van der Waals surface area contributed by atoms with E-state index < -0.39 is 0 Å². The van der Waals surface area contributed by atoms with E-state index in [0.717, 1.165) is 18.8 Å². The van der Waals surface area contributed by atoms with E-state index in [1.807, 2.05) is 13.8 Å². The molecule has 0 spiro atoms. The van der Waals surface area contributed by atoms with Crippen LogP contribution in [-0.2, 0) is 0 Å². The van der Waals surface area contributed by atoms with Crippen molar-refractivity contribution in [3.05, 3.63) is 17.7 Å². The summed E-state index contributed by atoms with van der Waals surface area (Å²) in [4.78, 5) is 21.0. The van der Waals surface area contributed by atoms with Crippen LogP contribution in [0.25, 0.3) is 0 Å². The number of nitrogens with two attached hydrogens (primary N) is 1. The van der Waals surface area contributed by atoms with Crippen LogP contribution >= 0.6 is 0 Å². The number of amides is 1. The first kappa shape index (κ1) is 15.7. The molecule has 0 saturated heterocycles. The highest BCUT2D eigenvalue weighted by Crippen LogP contribution is 2.34. The molecule has 2 rings (SSSR count). The summed E-state index contributed by atoms with van der Waals surface area (Å²) in [6, 6.07) is 0.202. The Balaban J connectivity index is 2.13. The minimum atomic E-state index is -0.181. The zero-order valence-corrected chi connectivity index (χ0v) is 13.0. The first-order valence-corrected chi connectivity index (χ1v) is 7.69. The molecule has 6 nitrogen and oxygen atoms in total. The molecular weight excluding hydrogens is 266 g/mol. The van der Waals surface area contributed by atoms with Gasteiger partial charge in [-0.25, -0.2) is 9.97 Å². The second-order valence-corrected chi connectivity index (χ2v) is 6.05. The van der Waals surface area contributed by atoms with Gasteiger partial charge in [0.05, 0.1) is 11.9 Å². The Morgan fingerprint density at radius 1 is 1.48 bits per heavy atom. The minimum Gasteiger partial charge on any atom is -0.348 e. The zero-order chi connectivity index (χ0) is 15.4. The van der Waals surface area contributed by atoms with Crippen molar-refractivity contribution in [3.63, 3.8) is 0 Å². The van der Waals surface area contributed by atoms with Gasteiger partial charge in [0.25, 0.3) is 5.91 Å². The lowest BCUT2D eigenvalue weighted by atomic mass is 10.1. The SMILES string of the molecule is CCC(CC1CC1)NC(=O)c1nc(C(C)C)ncc1NN. The summed E-state index contributed by atoms with van der Waals surface area (Å²) in [6.45, 7) is 6.08. The van der Waals surface area contributed by atoms with Crippen LogP contribution in [0.15, 0.2) is 6.20 Å². The molecule has 21 heavy (non-hydrogen) atoms. The maximum atomic E-state index is 12.5. The van der Waals surface area contributed by atoms with Gasteiger partial charge in [-0.1, -0.05) is 33.6 Å². The molecule has 0 bridgehead atoms. The minimum absolute atomic E-state index is 0.164. The Hall–Kier alpha value is -1.69. The fourth-order valence-electron chi connectivity index (χ4n) is 2.29.